The van der Waals surface area contributed by atoms with Gasteiger partial charge < -0.3 is 25.1 Å². The van der Waals surface area contributed by atoms with E-state index in [0.29, 0.717) is 11.8 Å². The molecule has 0 unspecified atom stereocenters. The quantitative estimate of drug-likeness (QED) is 0.449. The number of alkyl halides is 3. The number of methoxy groups -OCH3 is 1. The first kappa shape index (κ1) is 23.9. The van der Waals surface area contributed by atoms with E-state index in [-0.39, 0.29) is 41.4 Å². The summed E-state index contributed by atoms with van der Waals surface area (Å²) in [6.45, 7) is 4.47. The standard InChI is InChI=1S/C20H22F3N3O5/c1-10-16(19(29)31-8-7-30-4)11(2)24-17(10)18(28)26-15-9-13(20(21,22)23)5-6-14(15)25-12(3)27/h5-6,9,24H,7-8H2,1-4H3,(H,25,27)(H,26,28). The minimum atomic E-state index is -4.65. The van der Waals surface area contributed by atoms with Crippen molar-refractivity contribution >= 4 is 29.2 Å². The van der Waals surface area contributed by atoms with Crippen LogP contribution in [0, 0.1) is 13.8 Å². The number of amides is 2. The molecule has 1 aromatic heterocycles. The number of anilines is 2. The first-order valence-corrected chi connectivity index (χ1v) is 9.11. The monoisotopic (exact) mass is 441 g/mol. The maximum atomic E-state index is 13.1. The highest BCUT2D eigenvalue weighted by molar-refractivity contribution is 6.09. The van der Waals surface area contributed by atoms with Crippen LogP contribution in [-0.2, 0) is 20.4 Å². The first-order chi connectivity index (χ1) is 14.5. The van der Waals surface area contributed by atoms with Crippen LogP contribution in [0.3, 0.4) is 0 Å². The van der Waals surface area contributed by atoms with Crippen LogP contribution in [0.25, 0.3) is 0 Å². The Balaban J connectivity index is 2.35. The summed E-state index contributed by atoms with van der Waals surface area (Å²) in [5.74, 6) is -1.98. The van der Waals surface area contributed by atoms with Gasteiger partial charge in [0.15, 0.2) is 0 Å². The van der Waals surface area contributed by atoms with Gasteiger partial charge in [0.2, 0.25) is 5.91 Å². The number of aromatic amines is 1. The second kappa shape index (κ2) is 9.65. The van der Waals surface area contributed by atoms with Gasteiger partial charge in [-0.25, -0.2) is 4.79 Å². The van der Waals surface area contributed by atoms with E-state index < -0.39 is 29.5 Å². The minimum absolute atomic E-state index is 0.00557. The molecule has 0 radical (unpaired) electrons. The van der Waals surface area contributed by atoms with Gasteiger partial charge in [-0.2, -0.15) is 13.2 Å². The summed E-state index contributed by atoms with van der Waals surface area (Å²) < 4.78 is 49.2. The lowest BCUT2D eigenvalue weighted by Gasteiger charge is -2.15. The third kappa shape index (κ3) is 5.85. The lowest BCUT2D eigenvalue weighted by Crippen LogP contribution is -2.18. The zero-order valence-electron chi connectivity index (χ0n) is 17.3. The SMILES string of the molecule is COCCOC(=O)c1c(C)[nH]c(C(=O)Nc2cc(C(F)(F)F)ccc2NC(C)=O)c1C. The van der Waals surface area contributed by atoms with Crippen LogP contribution < -0.4 is 10.6 Å². The van der Waals surface area contributed by atoms with Crippen molar-refractivity contribution in [2.75, 3.05) is 31.0 Å². The summed E-state index contributed by atoms with van der Waals surface area (Å²) in [5, 5.41) is 4.73. The molecule has 0 fully saturated rings. The molecule has 0 aliphatic rings. The zero-order valence-corrected chi connectivity index (χ0v) is 17.3. The zero-order chi connectivity index (χ0) is 23.3. The van der Waals surface area contributed by atoms with E-state index in [1.54, 1.807) is 6.92 Å². The van der Waals surface area contributed by atoms with Gasteiger partial charge in [-0.3, -0.25) is 9.59 Å². The van der Waals surface area contributed by atoms with E-state index in [9.17, 15) is 27.6 Å². The van der Waals surface area contributed by atoms with Crippen LogP contribution >= 0.6 is 0 Å². The molecule has 3 N–H and O–H groups in total. The third-order valence-corrected chi connectivity index (χ3v) is 4.30. The number of aryl methyl sites for hydroxylation is 1. The van der Waals surface area contributed by atoms with Crippen LogP contribution in [0.15, 0.2) is 18.2 Å². The van der Waals surface area contributed by atoms with Crippen LogP contribution in [0.4, 0.5) is 24.5 Å². The molecule has 0 spiro atoms. The molecule has 1 heterocycles. The topological polar surface area (TPSA) is 110 Å². The summed E-state index contributed by atoms with van der Waals surface area (Å²) in [7, 11) is 1.45. The molecule has 11 heteroatoms. The minimum Gasteiger partial charge on any atom is -0.460 e. The van der Waals surface area contributed by atoms with E-state index in [4.69, 9.17) is 9.47 Å². The Morgan fingerprint density at radius 2 is 1.74 bits per heavy atom. The molecule has 168 valence electrons. The summed E-state index contributed by atoms with van der Waals surface area (Å²) in [6.07, 6.45) is -4.65. The van der Waals surface area contributed by atoms with Gasteiger partial charge in [-0.15, -0.1) is 0 Å². The van der Waals surface area contributed by atoms with E-state index >= 15 is 0 Å². The number of benzene rings is 1. The highest BCUT2D eigenvalue weighted by Crippen LogP contribution is 2.34. The molecule has 1 aromatic carbocycles. The normalized spacial score (nSPS) is 11.2. The fourth-order valence-electron chi connectivity index (χ4n) is 2.88. The number of ether oxygens (including phenoxy) is 2. The molecule has 2 aromatic rings. The van der Waals surface area contributed by atoms with Gasteiger partial charge in [-0.1, -0.05) is 0 Å². The first-order valence-electron chi connectivity index (χ1n) is 9.11. The number of nitrogens with one attached hydrogen (secondary N) is 3. The van der Waals surface area contributed by atoms with E-state index in [1.807, 2.05) is 0 Å². The van der Waals surface area contributed by atoms with Crippen LogP contribution in [0.1, 0.15) is 44.6 Å². The average molecular weight is 441 g/mol. The number of rotatable bonds is 7. The molecule has 0 saturated heterocycles. The number of halogens is 3. The molecule has 31 heavy (non-hydrogen) atoms. The fourth-order valence-corrected chi connectivity index (χ4v) is 2.88. The Hall–Kier alpha value is -3.34. The Kier molecular flexibility index (Phi) is 7.45. The summed E-state index contributed by atoms with van der Waals surface area (Å²) in [5.41, 5.74) is -0.505. The van der Waals surface area contributed by atoms with Gasteiger partial charge >= 0.3 is 12.1 Å². The summed E-state index contributed by atoms with van der Waals surface area (Å²) in [6, 6.07) is 2.55. The largest absolute Gasteiger partial charge is 0.460 e. The highest BCUT2D eigenvalue weighted by atomic mass is 19.4. The fraction of sp³-hybridized carbons (Fsp3) is 0.350. The molecule has 2 rings (SSSR count). The number of carbonyl (C=O) groups excluding carboxylic acids is 3. The predicted octanol–water partition coefficient (Wildman–Crippen LogP) is 3.66. The maximum absolute atomic E-state index is 13.1. The number of H-pyrrole nitrogens is 1. The Labute approximate surface area is 176 Å². The van der Waals surface area contributed by atoms with E-state index in [1.165, 1.54) is 21.0 Å². The average Bonchev–Trinajstić information content (AvgIpc) is 2.96. The molecular formula is C20H22F3N3O5. The van der Waals surface area contributed by atoms with E-state index in [0.717, 1.165) is 12.1 Å². The molecular weight excluding hydrogens is 419 g/mol. The second-order valence-electron chi connectivity index (χ2n) is 6.65. The molecule has 0 aliphatic carbocycles. The molecule has 2 amide bonds. The summed E-state index contributed by atoms with van der Waals surface area (Å²) in [4.78, 5) is 39.2. The molecule has 0 saturated carbocycles. The number of hydrogen-bond acceptors (Lipinski definition) is 5. The van der Waals surface area contributed by atoms with Crippen LogP contribution in [-0.4, -0.2) is 43.1 Å². The lowest BCUT2D eigenvalue weighted by molar-refractivity contribution is -0.137. The number of hydrogen-bond donors (Lipinski definition) is 3. The van der Waals surface area contributed by atoms with Crippen molar-refractivity contribution in [2.45, 2.75) is 26.9 Å². The molecule has 0 atom stereocenters. The van der Waals surface area contributed by atoms with Crippen molar-refractivity contribution in [3.05, 3.63) is 46.3 Å². The van der Waals surface area contributed by atoms with E-state index in [2.05, 4.69) is 15.6 Å². The predicted molar refractivity (Wildman–Crippen MR) is 106 cm³/mol. The highest BCUT2D eigenvalue weighted by Gasteiger charge is 2.31. The van der Waals surface area contributed by atoms with Crippen molar-refractivity contribution in [2.24, 2.45) is 0 Å². The Morgan fingerprint density at radius 3 is 2.32 bits per heavy atom. The Bertz CT molecular complexity index is 999. The van der Waals surface area contributed by atoms with Crippen molar-refractivity contribution < 1.29 is 37.0 Å². The van der Waals surface area contributed by atoms with Crippen molar-refractivity contribution in [3.8, 4) is 0 Å². The summed E-state index contributed by atoms with van der Waals surface area (Å²) >= 11 is 0. The van der Waals surface area contributed by atoms with Gasteiger partial charge in [-0.05, 0) is 37.6 Å². The smallest absolute Gasteiger partial charge is 0.416 e. The van der Waals surface area contributed by atoms with Gasteiger partial charge in [0.05, 0.1) is 29.1 Å². The van der Waals surface area contributed by atoms with Gasteiger partial charge in [0.25, 0.3) is 5.91 Å². The Morgan fingerprint density at radius 1 is 1.06 bits per heavy atom. The maximum Gasteiger partial charge on any atom is 0.416 e. The van der Waals surface area contributed by atoms with Gasteiger partial charge in [0, 0.05) is 19.7 Å². The van der Waals surface area contributed by atoms with Crippen molar-refractivity contribution in [3.63, 3.8) is 0 Å². The third-order valence-electron chi connectivity index (χ3n) is 4.30. The van der Waals surface area contributed by atoms with Crippen molar-refractivity contribution in [1.82, 2.24) is 4.98 Å². The van der Waals surface area contributed by atoms with Crippen LogP contribution in [0.5, 0.6) is 0 Å². The lowest BCUT2D eigenvalue weighted by atomic mass is 10.1. The van der Waals surface area contributed by atoms with Crippen LogP contribution in [0.2, 0.25) is 0 Å². The van der Waals surface area contributed by atoms with Gasteiger partial charge in [0.1, 0.15) is 12.3 Å². The number of aromatic nitrogens is 1. The molecule has 8 nitrogen and oxygen atoms in total. The number of carbonyl (C=O) groups is 3. The van der Waals surface area contributed by atoms with Crippen molar-refractivity contribution in [1.29, 1.82) is 0 Å². The second-order valence-corrected chi connectivity index (χ2v) is 6.65. The molecule has 0 bridgehead atoms. The number of esters is 1. The molecule has 0 aliphatic heterocycles.